The second kappa shape index (κ2) is 6.71. The monoisotopic (exact) mass is 324 g/mol. The number of methoxy groups -OCH3 is 3. The summed E-state index contributed by atoms with van der Waals surface area (Å²) in [5.41, 5.74) is 3.91. The zero-order chi connectivity index (χ0) is 17.1. The predicted octanol–water partition coefficient (Wildman–Crippen LogP) is 4.16. The van der Waals surface area contributed by atoms with Gasteiger partial charge in [0.15, 0.2) is 11.5 Å². The van der Waals surface area contributed by atoms with Gasteiger partial charge >= 0.3 is 0 Å². The topological polar surface area (TPSA) is 47.9 Å². The highest BCUT2D eigenvalue weighted by Crippen LogP contribution is 2.38. The van der Waals surface area contributed by atoms with Crippen molar-refractivity contribution in [3.63, 3.8) is 0 Å². The Kier molecular flexibility index (Phi) is 4.47. The van der Waals surface area contributed by atoms with E-state index in [9.17, 15) is 5.11 Å². The fourth-order valence-corrected chi connectivity index (χ4v) is 2.86. The Morgan fingerprint density at radius 1 is 0.875 bits per heavy atom. The summed E-state index contributed by atoms with van der Waals surface area (Å²) in [6.45, 7) is 0. The van der Waals surface area contributed by atoms with Gasteiger partial charge < -0.3 is 19.3 Å². The molecule has 1 aliphatic rings. The number of fused-ring (bicyclic) bond motifs is 1. The Balaban J connectivity index is 1.95. The van der Waals surface area contributed by atoms with Gasteiger partial charge in [0.05, 0.1) is 21.3 Å². The molecule has 0 amide bonds. The van der Waals surface area contributed by atoms with Gasteiger partial charge in [0, 0.05) is 5.56 Å². The summed E-state index contributed by atoms with van der Waals surface area (Å²) >= 11 is 0. The molecule has 0 saturated heterocycles. The van der Waals surface area contributed by atoms with E-state index in [2.05, 4.69) is 12.1 Å². The van der Waals surface area contributed by atoms with Crippen molar-refractivity contribution < 1.29 is 19.3 Å². The number of rotatable bonds is 5. The van der Waals surface area contributed by atoms with Crippen LogP contribution in [0.3, 0.4) is 0 Å². The van der Waals surface area contributed by atoms with Gasteiger partial charge in [-0.25, -0.2) is 0 Å². The summed E-state index contributed by atoms with van der Waals surface area (Å²) in [4.78, 5) is 0. The molecule has 4 heteroatoms. The van der Waals surface area contributed by atoms with E-state index in [1.807, 2.05) is 30.4 Å². The maximum absolute atomic E-state index is 10.1. The Morgan fingerprint density at radius 3 is 2.08 bits per heavy atom. The van der Waals surface area contributed by atoms with E-state index in [-0.39, 0.29) is 0 Å². The van der Waals surface area contributed by atoms with Gasteiger partial charge in [-0.05, 0) is 47.4 Å². The van der Waals surface area contributed by atoms with Crippen LogP contribution in [0.4, 0.5) is 0 Å². The average molecular weight is 324 g/mol. The average Bonchev–Trinajstić information content (AvgIpc) is 3.08. The predicted molar refractivity (Wildman–Crippen MR) is 95.9 cm³/mol. The number of aromatic hydroxyl groups is 1. The Morgan fingerprint density at radius 2 is 1.50 bits per heavy atom. The number of hydrogen-bond donors (Lipinski definition) is 1. The Labute approximate surface area is 141 Å². The molecule has 124 valence electrons. The van der Waals surface area contributed by atoms with Crippen LogP contribution in [0.5, 0.6) is 23.0 Å². The zero-order valence-corrected chi connectivity index (χ0v) is 14.0. The Bertz CT molecular complexity index is 794. The SMILES string of the molecule is COc1cc(/C=C/c2cc(O)c3c(c2)C=CC3)cc(OC)c1OC. The van der Waals surface area contributed by atoms with Gasteiger partial charge in [-0.1, -0.05) is 24.3 Å². The number of allylic oxidation sites excluding steroid dienone is 1. The van der Waals surface area contributed by atoms with Crippen molar-refractivity contribution in [2.75, 3.05) is 21.3 Å². The van der Waals surface area contributed by atoms with Crippen LogP contribution >= 0.6 is 0 Å². The van der Waals surface area contributed by atoms with E-state index in [1.54, 1.807) is 27.4 Å². The van der Waals surface area contributed by atoms with Gasteiger partial charge in [-0.3, -0.25) is 0 Å². The molecule has 0 spiro atoms. The molecule has 24 heavy (non-hydrogen) atoms. The summed E-state index contributed by atoms with van der Waals surface area (Å²) < 4.78 is 16.1. The summed E-state index contributed by atoms with van der Waals surface area (Å²) in [7, 11) is 4.77. The van der Waals surface area contributed by atoms with E-state index >= 15 is 0 Å². The maximum atomic E-state index is 10.1. The quantitative estimate of drug-likeness (QED) is 0.839. The lowest BCUT2D eigenvalue weighted by molar-refractivity contribution is 0.324. The van der Waals surface area contributed by atoms with Gasteiger partial charge in [-0.15, -0.1) is 0 Å². The summed E-state index contributed by atoms with van der Waals surface area (Å²) in [5.74, 6) is 2.12. The fourth-order valence-electron chi connectivity index (χ4n) is 2.86. The first-order chi connectivity index (χ1) is 11.7. The molecule has 0 radical (unpaired) electrons. The molecule has 4 nitrogen and oxygen atoms in total. The van der Waals surface area contributed by atoms with E-state index < -0.39 is 0 Å². The summed E-state index contributed by atoms with van der Waals surface area (Å²) in [6.07, 6.45) is 8.78. The number of phenolic OH excluding ortho intramolecular Hbond substituents is 1. The van der Waals surface area contributed by atoms with Crippen LogP contribution in [-0.4, -0.2) is 26.4 Å². The van der Waals surface area contributed by atoms with Crippen LogP contribution in [0, 0.1) is 0 Å². The third-order valence-corrected chi connectivity index (χ3v) is 4.06. The lowest BCUT2D eigenvalue weighted by Crippen LogP contribution is -1.95. The van der Waals surface area contributed by atoms with Crippen LogP contribution in [0.2, 0.25) is 0 Å². The van der Waals surface area contributed by atoms with Gasteiger partial charge in [-0.2, -0.15) is 0 Å². The first-order valence-electron chi connectivity index (χ1n) is 7.66. The molecule has 0 atom stereocenters. The smallest absolute Gasteiger partial charge is 0.203 e. The van der Waals surface area contributed by atoms with Crippen molar-refractivity contribution in [3.8, 4) is 23.0 Å². The van der Waals surface area contributed by atoms with E-state index in [0.29, 0.717) is 23.0 Å². The first kappa shape index (κ1) is 16.0. The lowest BCUT2D eigenvalue weighted by Gasteiger charge is -2.12. The molecule has 0 fully saturated rings. The van der Waals surface area contributed by atoms with Crippen molar-refractivity contribution in [2.24, 2.45) is 0 Å². The number of hydrogen-bond acceptors (Lipinski definition) is 4. The fraction of sp³-hybridized carbons (Fsp3) is 0.200. The second-order valence-corrected chi connectivity index (χ2v) is 5.51. The molecule has 1 aliphatic carbocycles. The van der Waals surface area contributed by atoms with Crippen LogP contribution in [0.1, 0.15) is 22.3 Å². The zero-order valence-electron chi connectivity index (χ0n) is 14.0. The molecular formula is C20H20O4. The third-order valence-electron chi connectivity index (χ3n) is 4.06. The van der Waals surface area contributed by atoms with E-state index in [4.69, 9.17) is 14.2 Å². The number of ether oxygens (including phenoxy) is 3. The van der Waals surface area contributed by atoms with Crippen LogP contribution in [0.25, 0.3) is 18.2 Å². The first-order valence-corrected chi connectivity index (χ1v) is 7.66. The molecule has 0 bridgehead atoms. The Hall–Kier alpha value is -2.88. The molecule has 3 rings (SSSR count). The standard InChI is InChI=1S/C20H20O4/c1-22-18-11-14(12-19(23-2)20(18)24-3)8-7-13-9-15-5-4-6-16(15)17(21)10-13/h4-5,7-12,21H,6H2,1-3H3/b8-7+. The highest BCUT2D eigenvalue weighted by molar-refractivity contribution is 5.76. The maximum Gasteiger partial charge on any atom is 0.203 e. The highest BCUT2D eigenvalue weighted by Gasteiger charge is 2.13. The second-order valence-electron chi connectivity index (χ2n) is 5.51. The molecule has 0 heterocycles. The molecule has 1 N–H and O–H groups in total. The highest BCUT2D eigenvalue weighted by atomic mass is 16.5. The van der Waals surface area contributed by atoms with Crippen molar-refractivity contribution in [1.29, 1.82) is 0 Å². The molecule has 0 aliphatic heterocycles. The molecular weight excluding hydrogens is 304 g/mol. The normalized spacial score (nSPS) is 12.5. The largest absolute Gasteiger partial charge is 0.508 e. The summed E-state index contributed by atoms with van der Waals surface area (Å²) in [6, 6.07) is 7.60. The van der Waals surface area contributed by atoms with Crippen LogP contribution in [-0.2, 0) is 6.42 Å². The van der Waals surface area contributed by atoms with Crippen molar-refractivity contribution in [3.05, 3.63) is 52.6 Å². The minimum absolute atomic E-state index is 0.335. The minimum Gasteiger partial charge on any atom is -0.508 e. The molecule has 2 aromatic carbocycles. The van der Waals surface area contributed by atoms with Crippen molar-refractivity contribution in [1.82, 2.24) is 0 Å². The van der Waals surface area contributed by atoms with Gasteiger partial charge in [0.2, 0.25) is 5.75 Å². The van der Waals surface area contributed by atoms with Gasteiger partial charge in [0.25, 0.3) is 0 Å². The third kappa shape index (κ3) is 2.95. The lowest BCUT2D eigenvalue weighted by atomic mass is 10.0. The van der Waals surface area contributed by atoms with Crippen molar-refractivity contribution in [2.45, 2.75) is 6.42 Å². The number of benzene rings is 2. The molecule has 0 unspecified atom stereocenters. The van der Waals surface area contributed by atoms with E-state index in [0.717, 1.165) is 28.7 Å². The number of phenols is 1. The minimum atomic E-state index is 0.335. The van der Waals surface area contributed by atoms with Crippen LogP contribution < -0.4 is 14.2 Å². The summed E-state index contributed by atoms with van der Waals surface area (Å²) in [5, 5.41) is 10.1. The molecule has 0 saturated carbocycles. The van der Waals surface area contributed by atoms with E-state index in [1.165, 1.54) is 0 Å². The van der Waals surface area contributed by atoms with Gasteiger partial charge in [0.1, 0.15) is 5.75 Å². The molecule has 2 aromatic rings. The van der Waals surface area contributed by atoms with Crippen LogP contribution in [0.15, 0.2) is 30.3 Å². The van der Waals surface area contributed by atoms with Crippen molar-refractivity contribution >= 4 is 18.2 Å². The molecule has 0 aromatic heterocycles.